The molecule has 0 rings (SSSR count). The molecule has 0 aliphatic heterocycles. The van der Waals surface area contributed by atoms with Crippen molar-refractivity contribution in [2.45, 2.75) is 187 Å². The van der Waals surface area contributed by atoms with Crippen LogP contribution in [0.15, 0.2) is 36.5 Å². The van der Waals surface area contributed by atoms with E-state index in [2.05, 4.69) is 31.4 Å². The Balaban J connectivity index is 4.38. The Morgan fingerprint density at radius 2 is 1.20 bits per heavy atom. The minimum absolute atomic E-state index is 0.138. The van der Waals surface area contributed by atoms with Crippen molar-refractivity contribution in [2.24, 2.45) is 5.92 Å². The summed E-state index contributed by atoms with van der Waals surface area (Å²) < 4.78 is 32.6. The summed E-state index contributed by atoms with van der Waals surface area (Å²) in [4.78, 5) is 34.9. The van der Waals surface area contributed by atoms with E-state index in [4.69, 9.17) is 19.1 Å². The van der Waals surface area contributed by atoms with Crippen molar-refractivity contribution in [3.05, 3.63) is 36.5 Å². The fourth-order valence-electron chi connectivity index (χ4n) is 5.57. The molecule has 0 spiro atoms. The molecule has 0 saturated carbocycles. The van der Waals surface area contributed by atoms with Gasteiger partial charge >= 0.3 is 19.8 Å². The van der Waals surface area contributed by atoms with Gasteiger partial charge in [-0.1, -0.05) is 154 Å². The molecule has 0 aliphatic carbocycles. The van der Waals surface area contributed by atoms with Gasteiger partial charge in [0.15, 0.2) is 6.10 Å². The average Bonchev–Trinajstić information content (AvgIpc) is 3.14. The highest BCUT2D eigenvalue weighted by Gasteiger charge is 2.27. The number of ether oxygens (including phenoxy) is 2. The summed E-state index contributed by atoms with van der Waals surface area (Å²) in [5.41, 5.74) is 0. The largest absolute Gasteiger partial charge is 0.472 e. The van der Waals surface area contributed by atoms with Crippen LogP contribution in [0.2, 0.25) is 0 Å². The zero-order chi connectivity index (χ0) is 40.1. The predicted molar refractivity (Wildman–Crippen MR) is 216 cm³/mol. The number of carbonyl (C=O) groups is 2. The van der Waals surface area contributed by atoms with Crippen molar-refractivity contribution in [1.82, 2.24) is 0 Å². The molecule has 0 saturated heterocycles. The summed E-state index contributed by atoms with van der Waals surface area (Å²) in [6, 6.07) is 0. The first-order chi connectivity index (χ1) is 26.0. The summed E-state index contributed by atoms with van der Waals surface area (Å²) in [5.74, 6) is -0.173. The van der Waals surface area contributed by atoms with Crippen LogP contribution in [0.5, 0.6) is 0 Å². The molecule has 0 aromatic heterocycles. The van der Waals surface area contributed by atoms with Crippen LogP contribution in [0.25, 0.3) is 0 Å². The van der Waals surface area contributed by atoms with Gasteiger partial charge in [0.2, 0.25) is 0 Å². The lowest BCUT2D eigenvalue weighted by Gasteiger charge is -2.20. The zero-order valence-electron chi connectivity index (χ0n) is 34.0. The van der Waals surface area contributed by atoms with Crippen LogP contribution in [0.1, 0.15) is 168 Å². The fourth-order valence-corrected chi connectivity index (χ4v) is 6.36. The van der Waals surface area contributed by atoms with Gasteiger partial charge in [0.25, 0.3) is 0 Å². The second kappa shape index (κ2) is 36.8. The summed E-state index contributed by atoms with van der Waals surface area (Å²) in [6.07, 6.45) is 31.6. The lowest BCUT2D eigenvalue weighted by Crippen LogP contribution is -2.29. The van der Waals surface area contributed by atoms with Crippen molar-refractivity contribution in [1.29, 1.82) is 0 Å². The van der Waals surface area contributed by atoms with Crippen LogP contribution in [0, 0.1) is 5.92 Å². The minimum atomic E-state index is -4.63. The Hall–Kier alpha value is -1.85. The first-order valence-corrected chi connectivity index (χ1v) is 22.4. The molecule has 12 heteroatoms. The number of hydrogen-bond donors (Lipinski definition) is 4. The molecule has 0 aliphatic rings. The molecule has 0 amide bonds. The van der Waals surface area contributed by atoms with E-state index in [1.54, 1.807) is 6.08 Å². The summed E-state index contributed by atoms with van der Waals surface area (Å²) in [6.45, 7) is 4.44. The third-order valence-corrected chi connectivity index (χ3v) is 9.77. The van der Waals surface area contributed by atoms with Crippen molar-refractivity contribution < 1.29 is 52.9 Å². The molecule has 0 fully saturated rings. The maximum atomic E-state index is 12.6. The van der Waals surface area contributed by atoms with Gasteiger partial charge in [-0.3, -0.25) is 18.6 Å². The van der Waals surface area contributed by atoms with E-state index in [0.29, 0.717) is 19.3 Å². The van der Waals surface area contributed by atoms with Crippen LogP contribution in [-0.4, -0.2) is 76.9 Å². The number of phosphoric acid groups is 1. The Bertz CT molecular complexity index is 1030. The van der Waals surface area contributed by atoms with Gasteiger partial charge in [-0.05, 0) is 44.4 Å². The highest BCUT2D eigenvalue weighted by Crippen LogP contribution is 2.43. The van der Waals surface area contributed by atoms with Gasteiger partial charge in [0.1, 0.15) is 12.7 Å². The zero-order valence-corrected chi connectivity index (χ0v) is 34.9. The van der Waals surface area contributed by atoms with Crippen molar-refractivity contribution in [3.8, 4) is 0 Å². The van der Waals surface area contributed by atoms with Crippen molar-refractivity contribution >= 4 is 19.8 Å². The topological polar surface area (TPSA) is 169 Å². The Labute approximate surface area is 327 Å². The lowest BCUT2D eigenvalue weighted by molar-refractivity contribution is -0.161. The minimum Gasteiger partial charge on any atom is -0.462 e. The highest BCUT2D eigenvalue weighted by molar-refractivity contribution is 7.47. The van der Waals surface area contributed by atoms with E-state index < -0.39 is 57.9 Å². The Kier molecular flexibility index (Phi) is 35.5. The SMILES string of the molecule is CC/C=C/CC(O)/C=C/C=C/CCCCCCCC(=O)O[C@H](COC(=O)CCCCCCCCCCCCCCC(C)C)COP(=O)(O)OC[C@@H](O)CO. The standard InChI is InChI=1S/C42H77O11P/c1-4-5-23-29-38(44)30-25-20-16-12-10-14-18-22-27-32-42(47)53-40(36-52-54(48,49)51-34-39(45)33-43)35-50-41(46)31-26-21-17-13-9-7-6-8-11-15-19-24-28-37(2)3/h5,16,20,23,25,30,37-40,43-45H,4,6-15,17-19,21-22,24,26-29,31-36H2,1-3H3,(H,48,49)/b20-16+,23-5+,30-25+/t38?,39-,40+/m0/s1. The van der Waals surface area contributed by atoms with Crippen LogP contribution >= 0.6 is 7.82 Å². The number of carbonyl (C=O) groups excluding carboxylic acids is 2. The van der Waals surface area contributed by atoms with E-state index in [-0.39, 0.29) is 19.4 Å². The molecule has 4 atom stereocenters. The van der Waals surface area contributed by atoms with Crippen LogP contribution in [0.3, 0.4) is 0 Å². The van der Waals surface area contributed by atoms with Crippen molar-refractivity contribution in [2.75, 3.05) is 26.4 Å². The second-order valence-electron chi connectivity index (χ2n) is 14.7. The number of phosphoric ester groups is 1. The summed E-state index contributed by atoms with van der Waals surface area (Å²) in [7, 11) is -4.63. The number of esters is 2. The normalized spacial score (nSPS) is 15.0. The molecule has 11 nitrogen and oxygen atoms in total. The molecular weight excluding hydrogens is 711 g/mol. The van der Waals surface area contributed by atoms with Gasteiger partial charge in [-0.2, -0.15) is 0 Å². The Morgan fingerprint density at radius 3 is 1.78 bits per heavy atom. The first-order valence-electron chi connectivity index (χ1n) is 20.9. The molecule has 2 unspecified atom stereocenters. The number of allylic oxidation sites excluding steroid dienone is 4. The molecule has 0 radical (unpaired) electrons. The quantitative estimate of drug-likeness (QED) is 0.0155. The molecule has 316 valence electrons. The van der Waals surface area contributed by atoms with Gasteiger partial charge in [-0.15, -0.1) is 0 Å². The molecule has 0 aromatic carbocycles. The maximum Gasteiger partial charge on any atom is 0.472 e. The predicted octanol–water partition coefficient (Wildman–Crippen LogP) is 9.61. The van der Waals surface area contributed by atoms with Crippen LogP contribution in [-0.2, 0) is 32.7 Å². The monoisotopic (exact) mass is 789 g/mol. The van der Waals surface area contributed by atoms with Gasteiger partial charge < -0.3 is 29.7 Å². The van der Waals surface area contributed by atoms with E-state index in [1.807, 2.05) is 24.3 Å². The summed E-state index contributed by atoms with van der Waals surface area (Å²) >= 11 is 0. The van der Waals surface area contributed by atoms with Gasteiger partial charge in [-0.25, -0.2) is 4.57 Å². The van der Waals surface area contributed by atoms with Crippen LogP contribution < -0.4 is 0 Å². The molecule has 0 aromatic rings. The van der Waals surface area contributed by atoms with E-state index >= 15 is 0 Å². The molecule has 0 bridgehead atoms. The number of aliphatic hydroxyl groups excluding tert-OH is 3. The Morgan fingerprint density at radius 1 is 0.667 bits per heavy atom. The van der Waals surface area contributed by atoms with Crippen LogP contribution in [0.4, 0.5) is 0 Å². The first kappa shape index (κ1) is 52.2. The molecule has 4 N–H and O–H groups in total. The fraction of sp³-hybridized carbons (Fsp3) is 0.810. The smallest absolute Gasteiger partial charge is 0.462 e. The third kappa shape index (κ3) is 37.1. The van der Waals surface area contributed by atoms with Crippen molar-refractivity contribution in [3.63, 3.8) is 0 Å². The molecular formula is C42H77O11P. The van der Waals surface area contributed by atoms with E-state index in [0.717, 1.165) is 63.7 Å². The van der Waals surface area contributed by atoms with E-state index in [1.165, 1.54) is 57.8 Å². The lowest BCUT2D eigenvalue weighted by atomic mass is 10.0. The second-order valence-corrected chi connectivity index (χ2v) is 16.1. The maximum absolute atomic E-state index is 12.6. The van der Waals surface area contributed by atoms with Gasteiger partial charge in [0, 0.05) is 12.8 Å². The third-order valence-electron chi connectivity index (χ3n) is 8.82. The van der Waals surface area contributed by atoms with Gasteiger partial charge in [0.05, 0.1) is 25.9 Å². The summed E-state index contributed by atoms with van der Waals surface area (Å²) in [5, 5.41) is 28.2. The average molecular weight is 789 g/mol. The highest BCUT2D eigenvalue weighted by atomic mass is 31.2. The molecule has 0 heterocycles. The number of aliphatic hydroxyl groups is 3. The number of unbranched alkanes of at least 4 members (excludes halogenated alkanes) is 16. The van der Waals surface area contributed by atoms with E-state index in [9.17, 15) is 29.3 Å². The number of rotatable bonds is 38. The number of hydrogen-bond acceptors (Lipinski definition) is 10. The molecule has 54 heavy (non-hydrogen) atoms.